The Morgan fingerprint density at radius 2 is 2.20 bits per heavy atom. The molecule has 1 aliphatic heterocycles. The van der Waals surface area contributed by atoms with Crippen LogP contribution in [0.2, 0.25) is 0 Å². The van der Waals surface area contributed by atoms with Crippen molar-refractivity contribution < 1.29 is 4.42 Å². The maximum Gasteiger partial charge on any atom is 0.110 e. The van der Waals surface area contributed by atoms with Crippen LogP contribution in [0.5, 0.6) is 0 Å². The van der Waals surface area contributed by atoms with E-state index in [1.165, 1.54) is 37.0 Å². The maximum absolute atomic E-state index is 5.57. The van der Waals surface area contributed by atoms with Crippen LogP contribution in [0.15, 0.2) is 16.7 Å². The molecule has 82 valence electrons. The topological polar surface area (TPSA) is 25.2 Å². The lowest BCUT2D eigenvalue weighted by molar-refractivity contribution is 0.216. The summed E-state index contributed by atoms with van der Waals surface area (Å²) in [6, 6.07) is 2.17. The Morgan fingerprint density at radius 3 is 3.00 bits per heavy atom. The third kappa shape index (κ3) is 1.35. The molecule has 1 aromatic rings. The van der Waals surface area contributed by atoms with Crippen LogP contribution in [-0.2, 0) is 12.0 Å². The molecule has 3 rings (SSSR count). The zero-order chi connectivity index (χ0) is 10.3. The third-order valence-electron chi connectivity index (χ3n) is 4.32. The second kappa shape index (κ2) is 3.38. The van der Waals surface area contributed by atoms with Crippen molar-refractivity contribution in [2.24, 2.45) is 5.92 Å². The van der Waals surface area contributed by atoms with Crippen LogP contribution < -0.4 is 5.32 Å². The highest BCUT2D eigenvalue weighted by Crippen LogP contribution is 2.43. The zero-order valence-corrected chi connectivity index (χ0v) is 9.38. The summed E-state index contributed by atoms with van der Waals surface area (Å²) in [5.74, 6) is 2.01. The fraction of sp³-hybridized carbons (Fsp3) is 0.692. The van der Waals surface area contributed by atoms with Crippen LogP contribution in [0, 0.1) is 5.92 Å². The molecule has 1 aliphatic carbocycles. The quantitative estimate of drug-likeness (QED) is 0.762. The Morgan fingerprint density at radius 1 is 1.40 bits per heavy atom. The van der Waals surface area contributed by atoms with Crippen LogP contribution in [0.25, 0.3) is 0 Å². The van der Waals surface area contributed by atoms with Crippen molar-refractivity contribution in [2.45, 2.75) is 44.6 Å². The van der Waals surface area contributed by atoms with Gasteiger partial charge in [0.25, 0.3) is 0 Å². The first-order valence-corrected chi connectivity index (χ1v) is 6.12. The van der Waals surface area contributed by atoms with Gasteiger partial charge in [-0.15, -0.1) is 0 Å². The van der Waals surface area contributed by atoms with E-state index in [0.717, 1.165) is 18.9 Å². The first kappa shape index (κ1) is 9.46. The van der Waals surface area contributed by atoms with Crippen molar-refractivity contribution in [3.8, 4) is 0 Å². The minimum Gasteiger partial charge on any atom is -0.469 e. The van der Waals surface area contributed by atoms with Gasteiger partial charge in [-0.25, -0.2) is 0 Å². The molecule has 1 atom stereocenters. The summed E-state index contributed by atoms with van der Waals surface area (Å²) < 4.78 is 5.57. The van der Waals surface area contributed by atoms with Gasteiger partial charge in [-0.3, -0.25) is 0 Å². The fourth-order valence-electron chi connectivity index (χ4n) is 3.40. The first-order valence-electron chi connectivity index (χ1n) is 6.12. The van der Waals surface area contributed by atoms with Gasteiger partial charge in [0.15, 0.2) is 0 Å². The summed E-state index contributed by atoms with van der Waals surface area (Å²) in [4.78, 5) is 0. The normalized spacial score (nSPS) is 31.8. The van der Waals surface area contributed by atoms with Crippen molar-refractivity contribution >= 4 is 0 Å². The average molecular weight is 205 g/mol. The van der Waals surface area contributed by atoms with Crippen LogP contribution in [0.4, 0.5) is 0 Å². The molecule has 1 fully saturated rings. The SMILES string of the molecule is CC1(C2CCCC2)NCCc2occc21. The summed E-state index contributed by atoms with van der Waals surface area (Å²) in [5, 5.41) is 3.72. The molecule has 2 heterocycles. The molecule has 1 aromatic heterocycles. The Labute approximate surface area is 91.0 Å². The molecule has 2 nitrogen and oxygen atoms in total. The highest BCUT2D eigenvalue weighted by Gasteiger charge is 2.41. The Balaban J connectivity index is 1.99. The molecule has 1 N–H and O–H groups in total. The molecule has 0 aromatic carbocycles. The number of nitrogens with one attached hydrogen (secondary N) is 1. The fourth-order valence-corrected chi connectivity index (χ4v) is 3.40. The van der Waals surface area contributed by atoms with Crippen LogP contribution in [-0.4, -0.2) is 6.54 Å². The molecule has 0 radical (unpaired) electrons. The van der Waals surface area contributed by atoms with E-state index in [1.807, 2.05) is 6.26 Å². The minimum absolute atomic E-state index is 0.178. The number of furan rings is 1. The minimum atomic E-state index is 0.178. The molecular formula is C13H19NO. The van der Waals surface area contributed by atoms with Crippen LogP contribution >= 0.6 is 0 Å². The molecule has 0 saturated heterocycles. The smallest absolute Gasteiger partial charge is 0.110 e. The number of hydrogen-bond donors (Lipinski definition) is 1. The lowest BCUT2D eigenvalue weighted by atomic mass is 9.76. The molecule has 2 aliphatic rings. The Bertz CT molecular complexity index is 351. The molecular weight excluding hydrogens is 186 g/mol. The summed E-state index contributed by atoms with van der Waals surface area (Å²) >= 11 is 0. The van der Waals surface area contributed by atoms with E-state index in [0.29, 0.717) is 0 Å². The van der Waals surface area contributed by atoms with Crippen LogP contribution in [0.1, 0.15) is 43.9 Å². The Kier molecular flexibility index (Phi) is 2.13. The molecule has 0 bridgehead atoms. The highest BCUT2D eigenvalue weighted by molar-refractivity contribution is 5.30. The zero-order valence-electron chi connectivity index (χ0n) is 9.38. The second-order valence-corrected chi connectivity index (χ2v) is 5.12. The van der Waals surface area contributed by atoms with Gasteiger partial charge in [0.2, 0.25) is 0 Å². The summed E-state index contributed by atoms with van der Waals surface area (Å²) in [6.07, 6.45) is 8.43. The van der Waals surface area contributed by atoms with Crippen LogP contribution in [0.3, 0.4) is 0 Å². The average Bonchev–Trinajstić information content (AvgIpc) is 2.89. The molecule has 2 heteroatoms. The van der Waals surface area contributed by atoms with E-state index in [9.17, 15) is 0 Å². The molecule has 0 amide bonds. The first-order chi connectivity index (χ1) is 7.31. The van der Waals surface area contributed by atoms with E-state index in [1.54, 1.807) is 0 Å². The molecule has 1 unspecified atom stereocenters. The van der Waals surface area contributed by atoms with E-state index >= 15 is 0 Å². The van der Waals surface area contributed by atoms with E-state index in [4.69, 9.17) is 4.42 Å². The number of rotatable bonds is 1. The monoisotopic (exact) mass is 205 g/mol. The lowest BCUT2D eigenvalue weighted by Gasteiger charge is -2.39. The van der Waals surface area contributed by atoms with Gasteiger partial charge in [0.1, 0.15) is 5.76 Å². The van der Waals surface area contributed by atoms with Gasteiger partial charge in [0, 0.05) is 24.1 Å². The maximum atomic E-state index is 5.57. The predicted molar refractivity (Wildman–Crippen MR) is 59.7 cm³/mol. The van der Waals surface area contributed by atoms with Gasteiger partial charge >= 0.3 is 0 Å². The van der Waals surface area contributed by atoms with Crippen molar-refractivity contribution in [3.63, 3.8) is 0 Å². The van der Waals surface area contributed by atoms with Crippen molar-refractivity contribution in [3.05, 3.63) is 23.7 Å². The number of hydrogen-bond acceptors (Lipinski definition) is 2. The second-order valence-electron chi connectivity index (χ2n) is 5.12. The van der Waals surface area contributed by atoms with E-state index < -0.39 is 0 Å². The molecule has 1 saturated carbocycles. The summed E-state index contributed by atoms with van der Waals surface area (Å²) in [6.45, 7) is 3.42. The van der Waals surface area contributed by atoms with Gasteiger partial charge in [-0.1, -0.05) is 12.8 Å². The van der Waals surface area contributed by atoms with Gasteiger partial charge < -0.3 is 9.73 Å². The third-order valence-corrected chi connectivity index (χ3v) is 4.32. The predicted octanol–water partition coefficient (Wildman–Crippen LogP) is 2.83. The van der Waals surface area contributed by atoms with E-state index in [2.05, 4.69) is 18.3 Å². The standard InChI is InChI=1S/C13H19NO/c1-13(10-4-2-3-5-10)11-7-9-15-12(11)6-8-14-13/h7,9-10,14H,2-6,8H2,1H3. The van der Waals surface area contributed by atoms with Crippen molar-refractivity contribution in [2.75, 3.05) is 6.54 Å². The van der Waals surface area contributed by atoms with E-state index in [-0.39, 0.29) is 5.54 Å². The number of fused-ring (bicyclic) bond motifs is 1. The van der Waals surface area contributed by atoms with Gasteiger partial charge in [-0.05, 0) is 31.7 Å². The molecule has 15 heavy (non-hydrogen) atoms. The summed E-state index contributed by atoms with van der Waals surface area (Å²) in [5.41, 5.74) is 1.59. The summed E-state index contributed by atoms with van der Waals surface area (Å²) in [7, 11) is 0. The van der Waals surface area contributed by atoms with Crippen molar-refractivity contribution in [1.29, 1.82) is 0 Å². The Hall–Kier alpha value is -0.760. The van der Waals surface area contributed by atoms with Gasteiger partial charge in [0.05, 0.1) is 6.26 Å². The largest absolute Gasteiger partial charge is 0.469 e. The van der Waals surface area contributed by atoms with Gasteiger partial charge in [-0.2, -0.15) is 0 Å². The molecule has 0 spiro atoms. The highest BCUT2D eigenvalue weighted by atomic mass is 16.3. The van der Waals surface area contributed by atoms with Crippen molar-refractivity contribution in [1.82, 2.24) is 5.32 Å². The lowest BCUT2D eigenvalue weighted by Crippen LogP contribution is -2.49.